The minimum Gasteiger partial charge on any atom is -0.289 e. The topological polar surface area (TPSA) is 60.2 Å². The van der Waals surface area contributed by atoms with Gasteiger partial charge in [0.15, 0.2) is 5.78 Å². The number of hydrogen-bond acceptors (Lipinski definition) is 4. The maximum atomic E-state index is 12.2. The first-order chi connectivity index (χ1) is 11.6. The Morgan fingerprint density at radius 3 is 2.21 bits per heavy atom. The normalized spacial score (nSPS) is 10.8. The molecule has 0 aliphatic rings. The number of thiophene rings is 1. The van der Waals surface area contributed by atoms with Crippen LogP contribution in [0, 0.1) is 10.1 Å². The van der Waals surface area contributed by atoms with Gasteiger partial charge in [-0.25, -0.2) is 0 Å². The van der Waals surface area contributed by atoms with Crippen molar-refractivity contribution in [2.45, 2.75) is 0 Å². The van der Waals surface area contributed by atoms with E-state index in [-0.39, 0.29) is 10.8 Å². The largest absolute Gasteiger partial charge is 0.324 e. The number of rotatable bonds is 5. The van der Waals surface area contributed by atoms with E-state index in [1.165, 1.54) is 12.1 Å². The lowest BCUT2D eigenvalue weighted by Gasteiger charge is -2.02. The summed E-state index contributed by atoms with van der Waals surface area (Å²) in [6, 6.07) is 20.4. The Labute approximate surface area is 142 Å². The maximum Gasteiger partial charge on any atom is 0.324 e. The SMILES string of the molecule is O=C(/C=C/c1ccc([N+](=O)[O-])s1)c1ccc(-c2ccccc2)cc1. The summed E-state index contributed by atoms with van der Waals surface area (Å²) in [4.78, 5) is 23.1. The van der Waals surface area contributed by atoms with Gasteiger partial charge in [0.2, 0.25) is 0 Å². The maximum absolute atomic E-state index is 12.2. The highest BCUT2D eigenvalue weighted by Gasteiger charge is 2.08. The summed E-state index contributed by atoms with van der Waals surface area (Å²) in [6.07, 6.45) is 3.04. The summed E-state index contributed by atoms with van der Waals surface area (Å²) in [5.74, 6) is -0.134. The van der Waals surface area contributed by atoms with Gasteiger partial charge in [-0.3, -0.25) is 14.9 Å². The standard InChI is InChI=1S/C19H13NO3S/c21-18(12-10-17-11-13-19(24-17)20(22)23)16-8-6-15(7-9-16)14-4-2-1-3-5-14/h1-13H/b12-10+. The molecule has 0 atom stereocenters. The van der Waals surface area contributed by atoms with Crippen LogP contribution < -0.4 is 0 Å². The number of nitrogens with zero attached hydrogens (tertiary/aromatic N) is 1. The summed E-state index contributed by atoms with van der Waals surface area (Å²) in [5, 5.41) is 10.7. The Bertz CT molecular complexity index is 896. The van der Waals surface area contributed by atoms with Gasteiger partial charge < -0.3 is 0 Å². The van der Waals surface area contributed by atoms with Gasteiger partial charge in [0.1, 0.15) is 0 Å². The minimum atomic E-state index is -0.438. The van der Waals surface area contributed by atoms with Crippen LogP contribution in [0.15, 0.2) is 72.8 Å². The van der Waals surface area contributed by atoms with Crippen LogP contribution in [0.1, 0.15) is 15.2 Å². The fourth-order valence-electron chi connectivity index (χ4n) is 2.24. The van der Waals surface area contributed by atoms with Gasteiger partial charge in [-0.15, -0.1) is 0 Å². The Kier molecular flexibility index (Phi) is 4.63. The van der Waals surface area contributed by atoms with Crippen molar-refractivity contribution >= 4 is 28.2 Å². The molecule has 0 unspecified atom stereocenters. The van der Waals surface area contributed by atoms with Gasteiger partial charge in [0.05, 0.1) is 4.92 Å². The van der Waals surface area contributed by atoms with Crippen LogP contribution in [0.25, 0.3) is 17.2 Å². The second-order valence-corrected chi connectivity index (χ2v) is 6.17. The van der Waals surface area contributed by atoms with Crippen molar-refractivity contribution in [3.8, 4) is 11.1 Å². The number of allylic oxidation sites excluding steroid dienone is 1. The highest BCUT2D eigenvalue weighted by atomic mass is 32.1. The molecule has 5 heteroatoms. The van der Waals surface area contributed by atoms with Crippen LogP contribution in [-0.4, -0.2) is 10.7 Å². The van der Waals surface area contributed by atoms with Crippen LogP contribution in [-0.2, 0) is 0 Å². The van der Waals surface area contributed by atoms with E-state index in [4.69, 9.17) is 0 Å². The lowest BCUT2D eigenvalue weighted by atomic mass is 10.0. The van der Waals surface area contributed by atoms with Crippen LogP contribution in [0.5, 0.6) is 0 Å². The molecule has 3 aromatic rings. The van der Waals surface area contributed by atoms with Gasteiger partial charge in [0.25, 0.3) is 0 Å². The quantitative estimate of drug-likeness (QED) is 0.278. The van der Waals surface area contributed by atoms with E-state index in [2.05, 4.69) is 0 Å². The zero-order valence-corrected chi connectivity index (χ0v) is 13.4. The van der Waals surface area contributed by atoms with Crippen molar-refractivity contribution in [2.24, 2.45) is 0 Å². The van der Waals surface area contributed by atoms with Crippen molar-refractivity contribution in [3.05, 3.63) is 93.4 Å². The Hall–Kier alpha value is -3.05. The average molecular weight is 335 g/mol. The summed E-state index contributed by atoms with van der Waals surface area (Å²) in [6.45, 7) is 0. The third-order valence-corrected chi connectivity index (χ3v) is 4.47. The molecular weight excluding hydrogens is 322 g/mol. The second kappa shape index (κ2) is 7.02. The summed E-state index contributed by atoms with van der Waals surface area (Å²) >= 11 is 1.04. The second-order valence-electron chi connectivity index (χ2n) is 5.07. The molecule has 4 nitrogen and oxygen atoms in total. The van der Waals surface area contributed by atoms with Crippen molar-refractivity contribution in [1.29, 1.82) is 0 Å². The molecule has 3 rings (SSSR count). The molecule has 0 aliphatic carbocycles. The highest BCUT2D eigenvalue weighted by molar-refractivity contribution is 7.16. The molecule has 1 aromatic heterocycles. The molecule has 118 valence electrons. The molecule has 0 fully saturated rings. The smallest absolute Gasteiger partial charge is 0.289 e. The van der Waals surface area contributed by atoms with Crippen LogP contribution >= 0.6 is 11.3 Å². The molecule has 0 spiro atoms. The molecule has 1 heterocycles. The predicted molar refractivity (Wildman–Crippen MR) is 96.2 cm³/mol. The zero-order valence-electron chi connectivity index (χ0n) is 12.6. The van der Waals surface area contributed by atoms with Crippen molar-refractivity contribution < 1.29 is 9.72 Å². The van der Waals surface area contributed by atoms with Crippen molar-refractivity contribution in [3.63, 3.8) is 0 Å². The Balaban J connectivity index is 1.73. The summed E-state index contributed by atoms with van der Waals surface area (Å²) in [7, 11) is 0. The monoisotopic (exact) mass is 335 g/mol. The van der Waals surface area contributed by atoms with Gasteiger partial charge in [-0.1, -0.05) is 65.9 Å². The van der Waals surface area contributed by atoms with Gasteiger partial charge >= 0.3 is 5.00 Å². The molecule has 0 bridgehead atoms. The predicted octanol–water partition coefficient (Wildman–Crippen LogP) is 5.22. The number of carbonyl (C=O) groups excluding carboxylic acids is 1. The molecular formula is C19H13NO3S. The van der Waals surface area contributed by atoms with Crippen LogP contribution in [0.4, 0.5) is 5.00 Å². The fourth-order valence-corrected chi connectivity index (χ4v) is 2.97. The van der Waals surface area contributed by atoms with Gasteiger partial charge in [0, 0.05) is 16.5 Å². The van der Waals surface area contributed by atoms with E-state index in [1.807, 2.05) is 42.5 Å². The number of nitro groups is 1. The van der Waals surface area contributed by atoms with Crippen LogP contribution in [0.2, 0.25) is 0 Å². The first-order valence-electron chi connectivity index (χ1n) is 7.25. The number of carbonyl (C=O) groups is 1. The number of hydrogen-bond donors (Lipinski definition) is 0. The van der Waals surface area contributed by atoms with Crippen LogP contribution in [0.3, 0.4) is 0 Å². The lowest BCUT2D eigenvalue weighted by Crippen LogP contribution is -1.93. The van der Waals surface area contributed by atoms with Crippen molar-refractivity contribution in [1.82, 2.24) is 0 Å². The van der Waals surface area contributed by atoms with E-state index in [1.54, 1.807) is 24.3 Å². The van der Waals surface area contributed by atoms with E-state index < -0.39 is 4.92 Å². The molecule has 24 heavy (non-hydrogen) atoms. The third kappa shape index (κ3) is 3.64. The molecule has 0 aliphatic heterocycles. The molecule has 0 saturated carbocycles. The zero-order chi connectivity index (χ0) is 16.9. The van der Waals surface area contributed by atoms with E-state index >= 15 is 0 Å². The van der Waals surface area contributed by atoms with Gasteiger partial charge in [-0.05, 0) is 29.3 Å². The van der Waals surface area contributed by atoms with Crippen molar-refractivity contribution in [2.75, 3.05) is 0 Å². The minimum absolute atomic E-state index is 0.0642. The first kappa shape index (κ1) is 15.8. The average Bonchev–Trinajstić information content (AvgIpc) is 3.10. The Morgan fingerprint density at radius 1 is 0.917 bits per heavy atom. The third-order valence-electron chi connectivity index (χ3n) is 3.47. The molecule has 0 saturated heterocycles. The fraction of sp³-hybridized carbons (Fsp3) is 0. The molecule has 0 radical (unpaired) electrons. The summed E-state index contributed by atoms with van der Waals surface area (Å²) in [5.41, 5.74) is 2.72. The first-order valence-corrected chi connectivity index (χ1v) is 8.07. The van der Waals surface area contributed by atoms with E-state index in [0.29, 0.717) is 10.4 Å². The van der Waals surface area contributed by atoms with E-state index in [0.717, 1.165) is 22.5 Å². The lowest BCUT2D eigenvalue weighted by molar-refractivity contribution is -0.380. The molecule has 0 N–H and O–H groups in total. The number of benzene rings is 2. The van der Waals surface area contributed by atoms with Gasteiger partial charge in [-0.2, -0.15) is 0 Å². The molecule has 0 amide bonds. The van der Waals surface area contributed by atoms with E-state index in [9.17, 15) is 14.9 Å². The Morgan fingerprint density at radius 2 is 1.58 bits per heavy atom. The summed E-state index contributed by atoms with van der Waals surface area (Å²) < 4.78 is 0. The highest BCUT2D eigenvalue weighted by Crippen LogP contribution is 2.25. The molecule has 2 aromatic carbocycles. The number of ketones is 1.